The first-order valence-corrected chi connectivity index (χ1v) is 12.6. The summed E-state index contributed by atoms with van der Waals surface area (Å²) in [5.74, 6) is 0.176. The van der Waals surface area contributed by atoms with Gasteiger partial charge in [-0.3, -0.25) is 9.59 Å². The Morgan fingerprint density at radius 1 is 1.14 bits per heavy atom. The van der Waals surface area contributed by atoms with Gasteiger partial charge in [0.15, 0.2) is 11.0 Å². The molecule has 198 valence electrons. The second-order valence-corrected chi connectivity index (χ2v) is 9.19. The van der Waals surface area contributed by atoms with Gasteiger partial charge >= 0.3 is 6.18 Å². The number of alkyl halides is 3. The first kappa shape index (κ1) is 28.3. The molecule has 3 rings (SSSR count). The van der Waals surface area contributed by atoms with E-state index in [1.807, 2.05) is 11.5 Å². The van der Waals surface area contributed by atoms with E-state index < -0.39 is 17.6 Å². The third kappa shape index (κ3) is 7.86. The zero-order valence-electron chi connectivity index (χ0n) is 20.1. The van der Waals surface area contributed by atoms with E-state index in [9.17, 15) is 22.8 Å². The van der Waals surface area contributed by atoms with Crippen molar-refractivity contribution >= 4 is 40.9 Å². The van der Waals surface area contributed by atoms with Gasteiger partial charge in [-0.2, -0.15) is 13.2 Å². The number of nitrogens with one attached hydrogen (secondary N) is 2. The monoisotopic (exact) mass is 555 g/mol. The molecule has 0 bridgehead atoms. The molecule has 0 spiro atoms. The summed E-state index contributed by atoms with van der Waals surface area (Å²) in [6.45, 7) is 2.71. The minimum absolute atomic E-state index is 0.00708. The second-order valence-electron chi connectivity index (χ2n) is 7.84. The zero-order valence-corrected chi connectivity index (χ0v) is 21.6. The van der Waals surface area contributed by atoms with E-state index in [0.717, 1.165) is 42.8 Å². The minimum Gasteiger partial charge on any atom is -0.497 e. The average molecular weight is 556 g/mol. The molecular weight excluding hydrogens is 531 g/mol. The fraction of sp³-hybridized carbons (Fsp3) is 0.333. The van der Waals surface area contributed by atoms with Crippen LogP contribution in [0.15, 0.2) is 47.6 Å². The number of hydrogen-bond donors (Lipinski definition) is 2. The number of anilines is 1. The lowest BCUT2D eigenvalue weighted by atomic mass is 10.2. The number of methoxy groups -OCH3 is 1. The summed E-state index contributed by atoms with van der Waals surface area (Å²) in [5, 5.41) is 14.0. The van der Waals surface area contributed by atoms with Crippen LogP contribution in [0.25, 0.3) is 0 Å². The molecule has 2 aromatic carbocycles. The number of benzene rings is 2. The molecule has 3 aromatic rings. The van der Waals surface area contributed by atoms with Gasteiger partial charge in [-0.25, -0.2) is 0 Å². The number of nitrogens with zero attached hydrogens (tertiary/aromatic N) is 3. The quantitative estimate of drug-likeness (QED) is 0.307. The second kappa shape index (κ2) is 12.8. The molecule has 2 amide bonds. The highest BCUT2D eigenvalue weighted by atomic mass is 35.5. The van der Waals surface area contributed by atoms with E-state index >= 15 is 0 Å². The molecule has 8 nitrogen and oxygen atoms in total. The highest BCUT2D eigenvalue weighted by Gasteiger charge is 2.31. The van der Waals surface area contributed by atoms with Gasteiger partial charge in [-0.15, -0.1) is 10.2 Å². The Hall–Kier alpha value is -3.25. The van der Waals surface area contributed by atoms with Gasteiger partial charge < -0.3 is 19.9 Å². The maximum atomic E-state index is 13.0. The van der Waals surface area contributed by atoms with Gasteiger partial charge in [0.2, 0.25) is 5.91 Å². The summed E-state index contributed by atoms with van der Waals surface area (Å²) in [6, 6.07) is 9.38. The van der Waals surface area contributed by atoms with Crippen LogP contribution in [0.2, 0.25) is 5.02 Å². The number of aromatic nitrogens is 3. The molecule has 0 aliphatic carbocycles. The van der Waals surface area contributed by atoms with E-state index in [1.165, 1.54) is 7.11 Å². The molecule has 0 radical (unpaired) electrons. The number of carbonyl (C=O) groups is 2. The summed E-state index contributed by atoms with van der Waals surface area (Å²) >= 11 is 7.04. The normalized spacial score (nSPS) is 11.3. The lowest BCUT2D eigenvalue weighted by molar-refractivity contribution is -0.137. The molecule has 0 aliphatic heterocycles. The van der Waals surface area contributed by atoms with Crippen LogP contribution in [0.1, 0.15) is 41.5 Å². The van der Waals surface area contributed by atoms with Crippen LogP contribution in [0.3, 0.4) is 0 Å². The summed E-state index contributed by atoms with van der Waals surface area (Å²) in [4.78, 5) is 25.0. The third-order valence-corrected chi connectivity index (χ3v) is 6.48. The Morgan fingerprint density at radius 2 is 1.86 bits per heavy atom. The van der Waals surface area contributed by atoms with Crippen molar-refractivity contribution < 1.29 is 27.5 Å². The predicted octanol–water partition coefficient (Wildman–Crippen LogP) is 5.42. The average Bonchev–Trinajstić information content (AvgIpc) is 3.26. The molecule has 13 heteroatoms. The van der Waals surface area contributed by atoms with Crippen LogP contribution < -0.4 is 15.4 Å². The number of amides is 2. The van der Waals surface area contributed by atoms with E-state index in [0.29, 0.717) is 28.8 Å². The molecule has 37 heavy (non-hydrogen) atoms. The van der Waals surface area contributed by atoms with Crippen LogP contribution in [-0.2, 0) is 24.1 Å². The van der Waals surface area contributed by atoms with Crippen LogP contribution >= 0.6 is 23.4 Å². The molecule has 0 saturated heterocycles. The number of halogens is 4. The van der Waals surface area contributed by atoms with Crippen LogP contribution in [0.4, 0.5) is 18.9 Å². The molecular formula is C24H25ClF3N5O3S. The Labute approximate surface area is 220 Å². The van der Waals surface area contributed by atoms with E-state index in [2.05, 4.69) is 20.8 Å². The van der Waals surface area contributed by atoms with Gasteiger partial charge in [0.05, 0.1) is 35.7 Å². The predicted molar refractivity (Wildman–Crippen MR) is 135 cm³/mol. The fourth-order valence-electron chi connectivity index (χ4n) is 3.21. The molecule has 0 aliphatic rings. The molecule has 0 saturated carbocycles. The zero-order chi connectivity index (χ0) is 27.0. The number of carbonyl (C=O) groups excluding carboxylic acids is 2. The minimum atomic E-state index is -4.56. The third-order valence-electron chi connectivity index (χ3n) is 5.19. The van der Waals surface area contributed by atoms with Crippen molar-refractivity contribution in [2.75, 3.05) is 18.2 Å². The van der Waals surface area contributed by atoms with Gasteiger partial charge in [-0.05, 0) is 48.9 Å². The molecule has 1 aromatic heterocycles. The maximum Gasteiger partial charge on any atom is 0.416 e. The Bertz CT molecular complexity index is 1240. The molecule has 1 heterocycles. The smallest absolute Gasteiger partial charge is 0.416 e. The number of thioether (sulfide) groups is 1. The van der Waals surface area contributed by atoms with Crippen molar-refractivity contribution in [3.8, 4) is 5.75 Å². The molecule has 0 unspecified atom stereocenters. The fourth-order valence-corrected chi connectivity index (χ4v) is 4.16. The molecule has 0 fully saturated rings. The van der Waals surface area contributed by atoms with Gasteiger partial charge in [-0.1, -0.05) is 36.7 Å². The Kier molecular flexibility index (Phi) is 9.81. The van der Waals surface area contributed by atoms with E-state index in [1.54, 1.807) is 24.3 Å². The topological polar surface area (TPSA) is 98.1 Å². The maximum absolute atomic E-state index is 13.0. The first-order valence-electron chi connectivity index (χ1n) is 11.3. The van der Waals surface area contributed by atoms with Gasteiger partial charge in [0.25, 0.3) is 5.91 Å². The van der Waals surface area contributed by atoms with Crippen molar-refractivity contribution in [2.45, 2.75) is 44.2 Å². The summed E-state index contributed by atoms with van der Waals surface area (Å²) in [5.41, 5.74) is -0.586. The lowest BCUT2D eigenvalue weighted by Gasteiger charge is -2.12. The summed E-state index contributed by atoms with van der Waals surface area (Å²) in [7, 11) is 1.54. The van der Waals surface area contributed by atoms with Gasteiger partial charge in [0.1, 0.15) is 5.75 Å². The van der Waals surface area contributed by atoms with Crippen molar-refractivity contribution in [2.24, 2.45) is 0 Å². The van der Waals surface area contributed by atoms with Crippen LogP contribution in [0.5, 0.6) is 5.75 Å². The number of hydrogen-bond acceptors (Lipinski definition) is 6. The number of ether oxygens (including phenoxy) is 1. The summed E-state index contributed by atoms with van der Waals surface area (Å²) < 4.78 is 45.9. The van der Waals surface area contributed by atoms with Gasteiger partial charge in [0, 0.05) is 12.1 Å². The lowest BCUT2D eigenvalue weighted by Crippen LogP contribution is -2.25. The summed E-state index contributed by atoms with van der Waals surface area (Å²) in [6.07, 6.45) is -2.85. The molecule has 0 atom stereocenters. The van der Waals surface area contributed by atoms with Crippen molar-refractivity contribution in [3.63, 3.8) is 0 Å². The van der Waals surface area contributed by atoms with Crippen LogP contribution in [0, 0.1) is 0 Å². The first-order chi connectivity index (χ1) is 17.6. The highest BCUT2D eigenvalue weighted by molar-refractivity contribution is 7.99. The van der Waals surface area contributed by atoms with Crippen molar-refractivity contribution in [1.29, 1.82) is 0 Å². The van der Waals surface area contributed by atoms with E-state index in [-0.39, 0.29) is 28.9 Å². The van der Waals surface area contributed by atoms with Crippen LogP contribution in [-0.4, -0.2) is 39.4 Å². The number of rotatable bonds is 11. The largest absolute Gasteiger partial charge is 0.497 e. The Balaban J connectivity index is 1.64. The van der Waals surface area contributed by atoms with Crippen molar-refractivity contribution in [1.82, 2.24) is 20.1 Å². The standard InChI is InChI=1S/C24H25ClF3N5O3S/c1-3-4-11-33-20(13-29-22(35)15-5-8-17(36-2)9-6-15)31-32-23(33)37-14-21(34)30-19-12-16(24(26,27)28)7-10-18(19)25/h5-10,12H,3-4,11,13-14H2,1-2H3,(H,29,35)(H,30,34). The van der Waals surface area contributed by atoms with E-state index in [4.69, 9.17) is 16.3 Å². The van der Waals surface area contributed by atoms with Crippen molar-refractivity contribution in [3.05, 3.63) is 64.4 Å². The SMILES string of the molecule is CCCCn1c(CNC(=O)c2ccc(OC)cc2)nnc1SCC(=O)Nc1cc(C(F)(F)F)ccc1Cl. The Morgan fingerprint density at radius 3 is 2.51 bits per heavy atom. The number of unbranched alkanes of at least 4 members (excludes halogenated alkanes) is 1. The molecule has 2 N–H and O–H groups in total. The highest BCUT2D eigenvalue weighted by Crippen LogP contribution is 2.34.